The Morgan fingerprint density at radius 1 is 1.30 bits per heavy atom. The maximum absolute atomic E-state index is 11.9. The van der Waals surface area contributed by atoms with E-state index in [2.05, 4.69) is 33.5 Å². The van der Waals surface area contributed by atoms with Crippen LogP contribution in [0.1, 0.15) is 26.7 Å². The standard InChI is InChI=1S/C15H23BrN2O2/c1-11(7-8-19)10-17-12(2)9-15(20)18-14-5-3-13(16)4-6-14/h3-6,11-12,17,19H,7-10H2,1-2H3,(H,18,20). The van der Waals surface area contributed by atoms with Gasteiger partial charge in [-0.1, -0.05) is 22.9 Å². The van der Waals surface area contributed by atoms with E-state index in [4.69, 9.17) is 5.11 Å². The Morgan fingerprint density at radius 3 is 2.55 bits per heavy atom. The molecule has 0 saturated heterocycles. The summed E-state index contributed by atoms with van der Waals surface area (Å²) in [7, 11) is 0. The summed E-state index contributed by atoms with van der Waals surface area (Å²) in [4.78, 5) is 11.9. The van der Waals surface area contributed by atoms with Crippen LogP contribution in [0.15, 0.2) is 28.7 Å². The van der Waals surface area contributed by atoms with Crippen LogP contribution in [0.4, 0.5) is 5.69 Å². The Balaban J connectivity index is 2.29. The van der Waals surface area contributed by atoms with Gasteiger partial charge in [0.15, 0.2) is 0 Å². The molecular weight excluding hydrogens is 320 g/mol. The Hall–Kier alpha value is -0.910. The Bertz CT molecular complexity index is 409. The predicted octanol–water partition coefficient (Wildman–Crippen LogP) is 2.77. The van der Waals surface area contributed by atoms with E-state index < -0.39 is 0 Å². The van der Waals surface area contributed by atoms with Crippen LogP contribution in [0, 0.1) is 5.92 Å². The van der Waals surface area contributed by atoms with Crippen molar-refractivity contribution >= 4 is 27.5 Å². The fraction of sp³-hybridized carbons (Fsp3) is 0.533. The van der Waals surface area contributed by atoms with Gasteiger partial charge in [-0.25, -0.2) is 0 Å². The molecule has 1 aromatic carbocycles. The van der Waals surface area contributed by atoms with Crippen molar-refractivity contribution in [3.63, 3.8) is 0 Å². The summed E-state index contributed by atoms with van der Waals surface area (Å²) < 4.78 is 0.989. The van der Waals surface area contributed by atoms with Crippen LogP contribution in [-0.2, 0) is 4.79 Å². The topological polar surface area (TPSA) is 61.4 Å². The molecule has 2 atom stereocenters. The molecule has 0 aromatic heterocycles. The van der Waals surface area contributed by atoms with E-state index in [1.54, 1.807) is 0 Å². The van der Waals surface area contributed by atoms with E-state index in [0.29, 0.717) is 12.3 Å². The Labute approximate surface area is 129 Å². The van der Waals surface area contributed by atoms with Crippen molar-refractivity contribution < 1.29 is 9.90 Å². The van der Waals surface area contributed by atoms with E-state index in [-0.39, 0.29) is 18.6 Å². The van der Waals surface area contributed by atoms with E-state index in [1.807, 2.05) is 31.2 Å². The molecular formula is C15H23BrN2O2. The molecule has 2 unspecified atom stereocenters. The Kier molecular flexibility index (Phi) is 7.80. The second-order valence-corrected chi connectivity index (χ2v) is 6.10. The summed E-state index contributed by atoms with van der Waals surface area (Å²) >= 11 is 3.36. The van der Waals surface area contributed by atoms with Crippen LogP contribution in [0.2, 0.25) is 0 Å². The predicted molar refractivity (Wildman–Crippen MR) is 85.7 cm³/mol. The van der Waals surface area contributed by atoms with Gasteiger partial charge in [-0.15, -0.1) is 0 Å². The molecule has 0 bridgehead atoms. The van der Waals surface area contributed by atoms with Crippen LogP contribution in [0.25, 0.3) is 0 Å². The lowest BCUT2D eigenvalue weighted by Gasteiger charge is -2.17. The molecule has 4 nitrogen and oxygen atoms in total. The van der Waals surface area contributed by atoms with Crippen molar-refractivity contribution in [2.24, 2.45) is 5.92 Å². The number of rotatable bonds is 8. The molecule has 0 saturated carbocycles. The van der Waals surface area contributed by atoms with Gasteiger partial charge in [0, 0.05) is 29.2 Å². The number of carbonyl (C=O) groups is 1. The molecule has 0 aliphatic rings. The molecule has 112 valence electrons. The van der Waals surface area contributed by atoms with Gasteiger partial charge in [0.2, 0.25) is 5.91 Å². The highest BCUT2D eigenvalue weighted by Gasteiger charge is 2.10. The first-order chi connectivity index (χ1) is 9.51. The zero-order valence-corrected chi connectivity index (χ0v) is 13.6. The van der Waals surface area contributed by atoms with Gasteiger partial charge in [0.1, 0.15) is 0 Å². The second kappa shape index (κ2) is 9.10. The maximum atomic E-state index is 11.9. The number of amides is 1. The summed E-state index contributed by atoms with van der Waals surface area (Å²) in [5.41, 5.74) is 0.805. The number of aliphatic hydroxyl groups is 1. The van der Waals surface area contributed by atoms with Gasteiger partial charge in [-0.05, 0) is 50.1 Å². The summed E-state index contributed by atoms with van der Waals surface area (Å²) in [6.07, 6.45) is 1.21. The van der Waals surface area contributed by atoms with Crippen LogP contribution in [-0.4, -0.2) is 30.2 Å². The van der Waals surface area contributed by atoms with Gasteiger partial charge in [0.25, 0.3) is 0 Å². The number of hydrogen-bond donors (Lipinski definition) is 3. The number of anilines is 1. The first kappa shape index (κ1) is 17.1. The molecule has 5 heteroatoms. The normalized spacial score (nSPS) is 13.8. The fourth-order valence-corrected chi connectivity index (χ4v) is 2.08. The van der Waals surface area contributed by atoms with Crippen LogP contribution < -0.4 is 10.6 Å². The molecule has 1 rings (SSSR count). The summed E-state index contributed by atoms with van der Waals surface area (Å²) in [5, 5.41) is 15.0. The third-order valence-electron chi connectivity index (χ3n) is 3.06. The minimum Gasteiger partial charge on any atom is -0.396 e. The molecule has 0 fully saturated rings. The molecule has 0 heterocycles. The zero-order valence-electron chi connectivity index (χ0n) is 12.0. The van der Waals surface area contributed by atoms with E-state index in [0.717, 1.165) is 23.1 Å². The van der Waals surface area contributed by atoms with Gasteiger partial charge < -0.3 is 15.7 Å². The van der Waals surface area contributed by atoms with E-state index >= 15 is 0 Å². The van der Waals surface area contributed by atoms with Crippen LogP contribution in [0.5, 0.6) is 0 Å². The number of benzene rings is 1. The highest BCUT2D eigenvalue weighted by molar-refractivity contribution is 9.10. The minimum absolute atomic E-state index is 0.00198. The van der Waals surface area contributed by atoms with E-state index in [9.17, 15) is 4.79 Å². The number of hydrogen-bond acceptors (Lipinski definition) is 3. The molecule has 20 heavy (non-hydrogen) atoms. The van der Waals surface area contributed by atoms with Crippen molar-refractivity contribution in [3.8, 4) is 0 Å². The fourth-order valence-electron chi connectivity index (χ4n) is 1.82. The van der Waals surface area contributed by atoms with Crippen molar-refractivity contribution in [1.82, 2.24) is 5.32 Å². The maximum Gasteiger partial charge on any atom is 0.225 e. The smallest absolute Gasteiger partial charge is 0.225 e. The SMILES string of the molecule is CC(CCO)CNC(C)CC(=O)Nc1ccc(Br)cc1. The van der Waals surface area contributed by atoms with Crippen molar-refractivity contribution in [3.05, 3.63) is 28.7 Å². The van der Waals surface area contributed by atoms with Gasteiger partial charge >= 0.3 is 0 Å². The summed E-state index contributed by atoms with van der Waals surface area (Å²) in [5.74, 6) is 0.416. The minimum atomic E-state index is 0.00198. The highest BCUT2D eigenvalue weighted by atomic mass is 79.9. The molecule has 1 amide bonds. The first-order valence-corrected chi connectivity index (χ1v) is 7.70. The zero-order chi connectivity index (χ0) is 15.0. The van der Waals surface area contributed by atoms with Crippen molar-refractivity contribution in [2.45, 2.75) is 32.7 Å². The molecule has 0 aliphatic carbocycles. The third kappa shape index (κ3) is 7.03. The van der Waals surface area contributed by atoms with Crippen LogP contribution >= 0.6 is 15.9 Å². The molecule has 0 radical (unpaired) electrons. The largest absolute Gasteiger partial charge is 0.396 e. The molecule has 0 aliphatic heterocycles. The Morgan fingerprint density at radius 2 is 1.95 bits per heavy atom. The highest BCUT2D eigenvalue weighted by Crippen LogP contribution is 2.14. The number of aliphatic hydroxyl groups excluding tert-OH is 1. The van der Waals surface area contributed by atoms with Crippen molar-refractivity contribution in [2.75, 3.05) is 18.5 Å². The monoisotopic (exact) mass is 342 g/mol. The van der Waals surface area contributed by atoms with Crippen LogP contribution in [0.3, 0.4) is 0 Å². The lowest BCUT2D eigenvalue weighted by molar-refractivity contribution is -0.116. The average molecular weight is 343 g/mol. The average Bonchev–Trinajstić information content (AvgIpc) is 2.39. The summed E-state index contributed by atoms with van der Waals surface area (Å²) in [6.45, 7) is 5.10. The number of halogens is 1. The van der Waals surface area contributed by atoms with E-state index in [1.165, 1.54) is 0 Å². The summed E-state index contributed by atoms with van der Waals surface area (Å²) in [6, 6.07) is 7.64. The molecule has 1 aromatic rings. The van der Waals surface area contributed by atoms with Gasteiger partial charge in [-0.3, -0.25) is 4.79 Å². The number of carbonyl (C=O) groups excluding carboxylic acids is 1. The first-order valence-electron chi connectivity index (χ1n) is 6.91. The second-order valence-electron chi connectivity index (χ2n) is 5.19. The van der Waals surface area contributed by atoms with Crippen molar-refractivity contribution in [1.29, 1.82) is 0 Å². The quantitative estimate of drug-likeness (QED) is 0.680. The number of nitrogens with one attached hydrogen (secondary N) is 2. The molecule has 3 N–H and O–H groups in total. The van der Waals surface area contributed by atoms with Gasteiger partial charge in [0.05, 0.1) is 0 Å². The van der Waals surface area contributed by atoms with Gasteiger partial charge in [-0.2, -0.15) is 0 Å². The lowest BCUT2D eigenvalue weighted by atomic mass is 10.1. The lowest BCUT2D eigenvalue weighted by Crippen LogP contribution is -2.33. The third-order valence-corrected chi connectivity index (χ3v) is 3.58. The molecule has 0 spiro atoms.